The van der Waals surface area contributed by atoms with Gasteiger partial charge in [-0.25, -0.2) is 0 Å². The number of methoxy groups -OCH3 is 1. The molecule has 1 aromatic carbocycles. The molecule has 0 radical (unpaired) electrons. The van der Waals surface area contributed by atoms with Crippen LogP contribution in [0.3, 0.4) is 0 Å². The van der Waals surface area contributed by atoms with Gasteiger partial charge in [0.2, 0.25) is 0 Å². The van der Waals surface area contributed by atoms with Crippen molar-refractivity contribution in [2.24, 2.45) is 5.92 Å². The lowest BCUT2D eigenvalue weighted by molar-refractivity contribution is 0.0531. The van der Waals surface area contributed by atoms with E-state index in [0.29, 0.717) is 42.0 Å². The zero-order chi connectivity index (χ0) is 15.9. The van der Waals surface area contributed by atoms with Crippen LogP contribution in [0, 0.1) is 18.3 Å². The van der Waals surface area contributed by atoms with Gasteiger partial charge in [0.15, 0.2) is 0 Å². The molecule has 1 unspecified atom stereocenters. The number of carbonyl (C=O) groups excluding carboxylic acids is 1. The Hall–Kier alpha value is -1.70. The third-order valence-corrected chi connectivity index (χ3v) is 3.97. The SMILES string of the molecule is C#CCOCC1CCCN(C(=O)c2cc(Cl)ccc2OC)C1. The summed E-state index contributed by atoms with van der Waals surface area (Å²) in [6, 6.07) is 5.08. The van der Waals surface area contributed by atoms with E-state index in [4.69, 9.17) is 27.5 Å². The average molecular weight is 322 g/mol. The molecule has 1 saturated heterocycles. The Labute approximate surface area is 136 Å². The topological polar surface area (TPSA) is 38.8 Å². The quantitative estimate of drug-likeness (QED) is 0.618. The van der Waals surface area contributed by atoms with Crippen molar-refractivity contribution in [3.63, 3.8) is 0 Å². The van der Waals surface area contributed by atoms with Crippen LogP contribution >= 0.6 is 11.6 Å². The van der Waals surface area contributed by atoms with E-state index < -0.39 is 0 Å². The fraction of sp³-hybridized carbons (Fsp3) is 0.471. The standard InChI is InChI=1S/C17H20ClNO3/c1-3-9-22-12-13-5-4-8-19(11-13)17(20)15-10-14(18)6-7-16(15)21-2/h1,6-7,10,13H,4-5,8-9,11-12H2,2H3. The number of piperidine rings is 1. The molecule has 2 rings (SSSR count). The largest absolute Gasteiger partial charge is 0.496 e. The smallest absolute Gasteiger partial charge is 0.257 e. The molecule has 1 aliphatic heterocycles. The summed E-state index contributed by atoms with van der Waals surface area (Å²) in [6.07, 6.45) is 7.18. The maximum atomic E-state index is 12.7. The molecule has 0 aromatic heterocycles. The third-order valence-electron chi connectivity index (χ3n) is 3.74. The molecule has 0 spiro atoms. The van der Waals surface area contributed by atoms with Crippen molar-refractivity contribution in [3.05, 3.63) is 28.8 Å². The van der Waals surface area contributed by atoms with Crippen LogP contribution in [0.25, 0.3) is 0 Å². The van der Waals surface area contributed by atoms with Crippen LogP contribution in [0.4, 0.5) is 0 Å². The number of hydrogen-bond acceptors (Lipinski definition) is 3. The molecule has 1 aromatic rings. The zero-order valence-electron chi connectivity index (χ0n) is 12.7. The van der Waals surface area contributed by atoms with E-state index in [-0.39, 0.29) is 5.91 Å². The van der Waals surface area contributed by atoms with Gasteiger partial charge in [0, 0.05) is 24.0 Å². The lowest BCUT2D eigenvalue weighted by Crippen LogP contribution is -2.41. The molecule has 118 valence electrons. The van der Waals surface area contributed by atoms with Crippen LogP contribution in [0.5, 0.6) is 5.75 Å². The van der Waals surface area contributed by atoms with Crippen LogP contribution in [0.1, 0.15) is 23.2 Å². The Morgan fingerprint density at radius 1 is 1.55 bits per heavy atom. The number of rotatable bonds is 5. The van der Waals surface area contributed by atoms with Crippen molar-refractivity contribution in [1.82, 2.24) is 4.90 Å². The van der Waals surface area contributed by atoms with Crippen molar-refractivity contribution in [3.8, 4) is 18.1 Å². The van der Waals surface area contributed by atoms with Crippen LogP contribution in [0.2, 0.25) is 5.02 Å². The summed E-state index contributed by atoms with van der Waals surface area (Å²) in [5.41, 5.74) is 0.500. The molecule has 0 aliphatic carbocycles. The van der Waals surface area contributed by atoms with Gasteiger partial charge in [0.05, 0.1) is 19.3 Å². The van der Waals surface area contributed by atoms with Gasteiger partial charge in [0.1, 0.15) is 12.4 Å². The minimum absolute atomic E-state index is 0.0546. The van der Waals surface area contributed by atoms with Crippen molar-refractivity contribution in [2.45, 2.75) is 12.8 Å². The fourth-order valence-corrected chi connectivity index (χ4v) is 2.86. The highest BCUT2D eigenvalue weighted by molar-refractivity contribution is 6.31. The molecule has 0 bridgehead atoms. The fourth-order valence-electron chi connectivity index (χ4n) is 2.69. The highest BCUT2D eigenvalue weighted by atomic mass is 35.5. The number of likely N-dealkylation sites (tertiary alicyclic amines) is 1. The summed E-state index contributed by atoms with van der Waals surface area (Å²) in [7, 11) is 1.55. The van der Waals surface area contributed by atoms with Gasteiger partial charge in [-0.15, -0.1) is 6.42 Å². The van der Waals surface area contributed by atoms with Gasteiger partial charge in [-0.2, -0.15) is 0 Å². The number of ether oxygens (including phenoxy) is 2. The minimum atomic E-state index is -0.0546. The summed E-state index contributed by atoms with van der Waals surface area (Å²) in [6.45, 7) is 2.30. The van der Waals surface area contributed by atoms with Gasteiger partial charge in [-0.3, -0.25) is 4.79 Å². The van der Waals surface area contributed by atoms with Crippen molar-refractivity contribution in [2.75, 3.05) is 33.4 Å². The predicted octanol–water partition coefficient (Wildman–Crippen LogP) is 2.85. The summed E-state index contributed by atoms with van der Waals surface area (Å²) >= 11 is 6.00. The molecular weight excluding hydrogens is 302 g/mol. The zero-order valence-corrected chi connectivity index (χ0v) is 13.4. The Bertz CT molecular complexity index is 568. The summed E-state index contributed by atoms with van der Waals surface area (Å²) < 4.78 is 10.7. The first-order valence-corrected chi connectivity index (χ1v) is 7.67. The monoisotopic (exact) mass is 321 g/mol. The number of halogens is 1. The summed E-state index contributed by atoms with van der Waals surface area (Å²) in [5.74, 6) is 3.26. The molecule has 1 atom stereocenters. The second-order valence-corrected chi connectivity index (χ2v) is 5.76. The van der Waals surface area contributed by atoms with Crippen molar-refractivity contribution in [1.29, 1.82) is 0 Å². The van der Waals surface area contributed by atoms with E-state index in [9.17, 15) is 4.79 Å². The van der Waals surface area contributed by atoms with Gasteiger partial charge >= 0.3 is 0 Å². The Morgan fingerprint density at radius 3 is 3.09 bits per heavy atom. The second kappa shape index (κ2) is 8.07. The number of nitrogens with zero attached hydrogens (tertiary/aromatic N) is 1. The van der Waals surface area contributed by atoms with Crippen LogP contribution in [0.15, 0.2) is 18.2 Å². The van der Waals surface area contributed by atoms with E-state index in [1.165, 1.54) is 0 Å². The van der Waals surface area contributed by atoms with Crippen LogP contribution < -0.4 is 4.74 Å². The number of amides is 1. The van der Waals surface area contributed by atoms with Gasteiger partial charge < -0.3 is 14.4 Å². The molecule has 22 heavy (non-hydrogen) atoms. The normalized spacial score (nSPS) is 17.9. The number of terminal acetylenes is 1. The Morgan fingerprint density at radius 2 is 2.36 bits per heavy atom. The van der Waals surface area contributed by atoms with Gasteiger partial charge in [-0.1, -0.05) is 17.5 Å². The maximum absolute atomic E-state index is 12.7. The molecular formula is C17H20ClNO3. The minimum Gasteiger partial charge on any atom is -0.496 e. The van der Waals surface area contributed by atoms with Crippen molar-refractivity contribution < 1.29 is 14.3 Å². The first kappa shape index (κ1) is 16.7. The average Bonchev–Trinajstić information content (AvgIpc) is 2.54. The van der Waals surface area contributed by atoms with E-state index in [2.05, 4.69) is 5.92 Å². The lowest BCUT2D eigenvalue weighted by atomic mass is 9.98. The highest BCUT2D eigenvalue weighted by Crippen LogP contribution is 2.26. The molecule has 1 heterocycles. The maximum Gasteiger partial charge on any atom is 0.257 e. The Kier molecular flexibility index (Phi) is 6.11. The lowest BCUT2D eigenvalue weighted by Gasteiger charge is -2.33. The highest BCUT2D eigenvalue weighted by Gasteiger charge is 2.26. The van der Waals surface area contributed by atoms with E-state index >= 15 is 0 Å². The summed E-state index contributed by atoms with van der Waals surface area (Å²) in [5, 5.41) is 0.523. The first-order valence-electron chi connectivity index (χ1n) is 7.29. The molecule has 1 amide bonds. The van der Waals surface area contributed by atoms with E-state index in [1.54, 1.807) is 25.3 Å². The molecule has 4 nitrogen and oxygen atoms in total. The predicted molar refractivity (Wildman–Crippen MR) is 86.3 cm³/mol. The van der Waals surface area contributed by atoms with Crippen molar-refractivity contribution >= 4 is 17.5 Å². The molecule has 0 N–H and O–H groups in total. The second-order valence-electron chi connectivity index (χ2n) is 5.32. The van der Waals surface area contributed by atoms with Gasteiger partial charge in [-0.05, 0) is 31.0 Å². The number of carbonyl (C=O) groups is 1. The molecule has 5 heteroatoms. The number of hydrogen-bond donors (Lipinski definition) is 0. The van der Waals surface area contributed by atoms with Gasteiger partial charge in [0.25, 0.3) is 5.91 Å². The van der Waals surface area contributed by atoms with E-state index in [1.807, 2.05) is 4.90 Å². The number of benzene rings is 1. The van der Waals surface area contributed by atoms with E-state index in [0.717, 1.165) is 19.4 Å². The van der Waals surface area contributed by atoms with Crippen LogP contribution in [-0.2, 0) is 4.74 Å². The van der Waals surface area contributed by atoms with Crippen LogP contribution in [-0.4, -0.2) is 44.2 Å². The third kappa shape index (κ3) is 4.16. The molecule has 1 fully saturated rings. The summed E-state index contributed by atoms with van der Waals surface area (Å²) in [4.78, 5) is 14.6. The Balaban J connectivity index is 2.06. The molecule has 1 aliphatic rings. The first-order chi connectivity index (χ1) is 10.7. The molecule has 0 saturated carbocycles.